The van der Waals surface area contributed by atoms with Crippen LogP contribution < -0.4 is 10.1 Å². The van der Waals surface area contributed by atoms with Crippen LogP contribution in [0, 0.1) is 0 Å². The lowest BCUT2D eigenvalue weighted by molar-refractivity contribution is -0.121. The van der Waals surface area contributed by atoms with E-state index in [1.807, 2.05) is 53.6 Å². The summed E-state index contributed by atoms with van der Waals surface area (Å²) in [6, 6.07) is 14.8. The average molecular weight is 484 g/mol. The number of likely N-dealkylation sites (tertiary alicyclic amines) is 1. The number of hydrogen-bond acceptors (Lipinski definition) is 5. The molecule has 1 saturated heterocycles. The lowest BCUT2D eigenvalue weighted by Crippen LogP contribution is -2.46. The van der Waals surface area contributed by atoms with Crippen LogP contribution in [-0.2, 0) is 11.2 Å². The van der Waals surface area contributed by atoms with Gasteiger partial charge in [-0.25, -0.2) is 4.98 Å². The van der Waals surface area contributed by atoms with E-state index in [1.165, 1.54) is 11.3 Å². The molecule has 4 rings (SSSR count). The summed E-state index contributed by atoms with van der Waals surface area (Å²) in [4.78, 5) is 31.7. The Bertz CT molecular complexity index is 1110. The van der Waals surface area contributed by atoms with E-state index in [1.54, 1.807) is 12.1 Å². The summed E-state index contributed by atoms with van der Waals surface area (Å²) in [5.74, 6) is 0.717. The molecule has 2 aromatic carbocycles. The number of ether oxygens (including phenoxy) is 1. The number of nitrogens with zero attached hydrogens (tertiary/aromatic N) is 2. The molecule has 2 heterocycles. The normalized spacial score (nSPS) is 14.2. The van der Waals surface area contributed by atoms with Gasteiger partial charge in [-0.1, -0.05) is 29.8 Å². The predicted molar refractivity (Wildman–Crippen MR) is 131 cm³/mol. The van der Waals surface area contributed by atoms with Gasteiger partial charge >= 0.3 is 0 Å². The Kier molecular flexibility index (Phi) is 7.62. The molecule has 1 fully saturated rings. The highest BCUT2D eigenvalue weighted by Crippen LogP contribution is 2.30. The molecule has 0 saturated carbocycles. The lowest BCUT2D eigenvalue weighted by Gasteiger charge is -2.32. The van der Waals surface area contributed by atoms with Gasteiger partial charge in [-0.15, -0.1) is 11.3 Å². The summed E-state index contributed by atoms with van der Waals surface area (Å²) in [6.45, 7) is 3.75. The zero-order valence-electron chi connectivity index (χ0n) is 18.4. The molecule has 6 nitrogen and oxygen atoms in total. The summed E-state index contributed by atoms with van der Waals surface area (Å²) in [5, 5.41) is 6.45. The first-order valence-corrected chi connectivity index (χ1v) is 12.3. The van der Waals surface area contributed by atoms with Gasteiger partial charge in [-0.2, -0.15) is 0 Å². The van der Waals surface area contributed by atoms with Gasteiger partial charge in [-0.05, 0) is 50.1 Å². The van der Waals surface area contributed by atoms with Gasteiger partial charge < -0.3 is 15.0 Å². The van der Waals surface area contributed by atoms with E-state index in [0.717, 1.165) is 34.9 Å². The summed E-state index contributed by atoms with van der Waals surface area (Å²) >= 11 is 7.73. The molecule has 0 radical (unpaired) electrons. The summed E-state index contributed by atoms with van der Waals surface area (Å²) < 4.78 is 5.43. The second-order valence-electron chi connectivity index (χ2n) is 7.89. The monoisotopic (exact) mass is 483 g/mol. The van der Waals surface area contributed by atoms with E-state index in [9.17, 15) is 9.59 Å². The predicted octanol–water partition coefficient (Wildman–Crippen LogP) is 4.83. The van der Waals surface area contributed by atoms with Gasteiger partial charge in [0.05, 0.1) is 23.7 Å². The zero-order chi connectivity index (χ0) is 23.2. The van der Waals surface area contributed by atoms with Crippen LogP contribution in [0.1, 0.15) is 35.8 Å². The van der Waals surface area contributed by atoms with E-state index in [2.05, 4.69) is 10.3 Å². The molecule has 0 spiro atoms. The second-order valence-corrected chi connectivity index (χ2v) is 9.16. The lowest BCUT2D eigenvalue weighted by atomic mass is 10.0. The minimum atomic E-state index is -0.0534. The Morgan fingerprint density at radius 3 is 2.58 bits per heavy atom. The molecular formula is C25H26ClN3O3S. The third-order valence-corrected chi connectivity index (χ3v) is 6.81. The molecule has 0 unspecified atom stereocenters. The number of benzene rings is 2. The Hall–Kier alpha value is -2.90. The molecule has 172 valence electrons. The van der Waals surface area contributed by atoms with Crippen LogP contribution in [0.25, 0.3) is 10.6 Å². The molecule has 2 amide bonds. The van der Waals surface area contributed by atoms with Crippen molar-refractivity contribution in [3.63, 3.8) is 0 Å². The maximum absolute atomic E-state index is 12.8. The van der Waals surface area contributed by atoms with Crippen molar-refractivity contribution in [2.24, 2.45) is 0 Å². The van der Waals surface area contributed by atoms with Crippen molar-refractivity contribution >= 4 is 34.8 Å². The van der Waals surface area contributed by atoms with Gasteiger partial charge in [0.2, 0.25) is 5.91 Å². The zero-order valence-corrected chi connectivity index (χ0v) is 20.0. The SMILES string of the molecule is CCOc1ccc(C(=O)N2CCC(NC(=O)Cc3csc(-c4ccccc4Cl)n3)CC2)cc1. The number of carbonyl (C=O) groups is 2. The fourth-order valence-corrected chi connectivity index (χ4v) is 5.00. The van der Waals surface area contributed by atoms with Crippen molar-refractivity contribution in [2.45, 2.75) is 32.2 Å². The smallest absolute Gasteiger partial charge is 0.253 e. The summed E-state index contributed by atoms with van der Waals surface area (Å²) in [6.07, 6.45) is 1.69. The highest BCUT2D eigenvalue weighted by molar-refractivity contribution is 7.13. The highest BCUT2D eigenvalue weighted by Gasteiger charge is 2.25. The van der Waals surface area contributed by atoms with Crippen molar-refractivity contribution in [2.75, 3.05) is 19.7 Å². The molecule has 33 heavy (non-hydrogen) atoms. The van der Waals surface area contributed by atoms with Gasteiger partial charge in [-0.3, -0.25) is 9.59 Å². The molecule has 1 aliphatic heterocycles. The van der Waals surface area contributed by atoms with E-state index < -0.39 is 0 Å². The van der Waals surface area contributed by atoms with E-state index in [-0.39, 0.29) is 24.3 Å². The van der Waals surface area contributed by atoms with Crippen molar-refractivity contribution < 1.29 is 14.3 Å². The maximum Gasteiger partial charge on any atom is 0.253 e. The minimum absolute atomic E-state index is 0.0115. The summed E-state index contributed by atoms with van der Waals surface area (Å²) in [5.41, 5.74) is 2.26. The van der Waals surface area contributed by atoms with Gasteiger partial charge in [0, 0.05) is 35.6 Å². The third kappa shape index (κ3) is 5.92. The van der Waals surface area contributed by atoms with Crippen LogP contribution in [0.4, 0.5) is 0 Å². The number of thiazole rings is 1. The van der Waals surface area contributed by atoms with E-state index in [4.69, 9.17) is 16.3 Å². The highest BCUT2D eigenvalue weighted by atomic mass is 35.5. The number of rotatable bonds is 7. The minimum Gasteiger partial charge on any atom is -0.494 e. The molecular weight excluding hydrogens is 458 g/mol. The molecule has 3 aromatic rings. The summed E-state index contributed by atoms with van der Waals surface area (Å²) in [7, 11) is 0. The first-order chi connectivity index (χ1) is 16.0. The second kappa shape index (κ2) is 10.8. The van der Waals surface area contributed by atoms with Crippen LogP contribution in [0.15, 0.2) is 53.9 Å². The fraction of sp³-hybridized carbons (Fsp3) is 0.320. The van der Waals surface area contributed by atoms with Crippen LogP contribution in [0.5, 0.6) is 5.75 Å². The molecule has 0 aliphatic carbocycles. The Morgan fingerprint density at radius 2 is 1.88 bits per heavy atom. The van der Waals surface area contributed by atoms with Gasteiger partial charge in [0.25, 0.3) is 5.91 Å². The number of carbonyl (C=O) groups excluding carboxylic acids is 2. The molecule has 1 aliphatic rings. The average Bonchev–Trinajstić information content (AvgIpc) is 3.28. The number of amides is 2. The quantitative estimate of drug-likeness (QED) is 0.522. The Balaban J connectivity index is 1.26. The van der Waals surface area contributed by atoms with Crippen LogP contribution in [0.3, 0.4) is 0 Å². The van der Waals surface area contributed by atoms with Crippen molar-refractivity contribution in [3.8, 4) is 16.3 Å². The van der Waals surface area contributed by atoms with Crippen molar-refractivity contribution in [1.82, 2.24) is 15.2 Å². The molecule has 1 N–H and O–H groups in total. The van der Waals surface area contributed by atoms with E-state index in [0.29, 0.717) is 30.3 Å². The number of aromatic nitrogens is 1. The molecule has 8 heteroatoms. The van der Waals surface area contributed by atoms with Crippen molar-refractivity contribution in [3.05, 3.63) is 70.2 Å². The third-order valence-electron chi connectivity index (χ3n) is 5.56. The van der Waals surface area contributed by atoms with Crippen molar-refractivity contribution in [1.29, 1.82) is 0 Å². The number of hydrogen-bond donors (Lipinski definition) is 1. The Labute approximate surface area is 202 Å². The van der Waals surface area contributed by atoms with Gasteiger partial charge in [0.1, 0.15) is 10.8 Å². The largest absolute Gasteiger partial charge is 0.494 e. The first kappa shape index (κ1) is 23.3. The molecule has 0 bridgehead atoms. The maximum atomic E-state index is 12.8. The standard InChI is InChI=1S/C25H26ClN3O3S/c1-2-32-20-9-7-17(8-10-20)25(31)29-13-11-18(12-14-29)27-23(30)15-19-16-33-24(28-19)21-5-3-4-6-22(21)26/h3-10,16,18H,2,11-15H2,1H3,(H,27,30). The number of halogens is 1. The van der Waals surface area contributed by atoms with Gasteiger partial charge in [0.15, 0.2) is 0 Å². The first-order valence-electron chi connectivity index (χ1n) is 11.0. The number of piperidine rings is 1. The van der Waals surface area contributed by atoms with Crippen LogP contribution in [0.2, 0.25) is 5.02 Å². The van der Waals surface area contributed by atoms with Crippen LogP contribution >= 0.6 is 22.9 Å². The fourth-order valence-electron chi connectivity index (χ4n) is 3.86. The molecule has 1 aromatic heterocycles. The Morgan fingerprint density at radius 1 is 1.15 bits per heavy atom. The van der Waals surface area contributed by atoms with E-state index >= 15 is 0 Å². The molecule has 0 atom stereocenters. The topological polar surface area (TPSA) is 71.5 Å². The number of nitrogens with one attached hydrogen (secondary N) is 1. The van der Waals surface area contributed by atoms with Crippen LogP contribution in [-0.4, -0.2) is 47.4 Å².